The normalized spacial score (nSPS) is 17.7. The summed E-state index contributed by atoms with van der Waals surface area (Å²) in [6.45, 7) is 3.72. The van der Waals surface area contributed by atoms with Crippen LogP contribution in [0, 0.1) is 0 Å². The maximum absolute atomic E-state index is 12.4. The molecule has 6 heteroatoms. The highest BCUT2D eigenvalue weighted by molar-refractivity contribution is 5.95. The molecule has 1 atom stereocenters. The fourth-order valence-corrected chi connectivity index (χ4v) is 2.31. The van der Waals surface area contributed by atoms with E-state index in [-0.39, 0.29) is 12.6 Å². The number of rotatable bonds is 5. The van der Waals surface area contributed by atoms with Crippen molar-refractivity contribution in [3.05, 3.63) is 53.3 Å². The number of amides is 2. The van der Waals surface area contributed by atoms with Crippen LogP contribution in [0.4, 0.5) is 4.79 Å². The van der Waals surface area contributed by atoms with Crippen molar-refractivity contribution < 1.29 is 19.1 Å². The number of nitrogens with one attached hydrogen (secondary N) is 2. The van der Waals surface area contributed by atoms with Gasteiger partial charge in [0.15, 0.2) is 0 Å². The molecular weight excluding hydrogens is 296 g/mol. The second kappa shape index (κ2) is 7.49. The lowest BCUT2D eigenvalue weighted by molar-refractivity contribution is -0.138. The number of ether oxygens (including phenoxy) is 2. The average molecular weight is 316 g/mol. The van der Waals surface area contributed by atoms with Crippen LogP contribution in [-0.2, 0) is 9.53 Å². The van der Waals surface area contributed by atoms with E-state index in [4.69, 9.17) is 9.47 Å². The molecule has 122 valence electrons. The molecule has 0 saturated carbocycles. The Balaban J connectivity index is 2.31. The Labute approximate surface area is 135 Å². The number of allylic oxidation sites excluding steroid dienone is 2. The SMILES string of the molecule is C/C=C/COC(=O)C1=C(C)NC(=O)N[C@H]1c1ccc(OC)cc1. The molecule has 0 radical (unpaired) electrons. The van der Waals surface area contributed by atoms with Crippen LogP contribution in [0.15, 0.2) is 47.7 Å². The molecule has 0 aromatic heterocycles. The summed E-state index contributed by atoms with van der Waals surface area (Å²) < 4.78 is 10.4. The number of esters is 1. The fourth-order valence-electron chi connectivity index (χ4n) is 2.31. The van der Waals surface area contributed by atoms with Crippen molar-refractivity contribution >= 4 is 12.0 Å². The standard InChI is InChI=1S/C17H20N2O4/c1-4-5-10-23-16(20)14-11(2)18-17(21)19-15(14)12-6-8-13(22-3)9-7-12/h4-9,15H,10H2,1-3H3,(H2,18,19,21)/b5-4+/t15-/m0/s1. The van der Waals surface area contributed by atoms with Gasteiger partial charge in [0, 0.05) is 5.70 Å². The molecule has 2 rings (SSSR count). The molecular formula is C17H20N2O4. The minimum Gasteiger partial charge on any atom is -0.497 e. The second-order valence-corrected chi connectivity index (χ2v) is 5.01. The van der Waals surface area contributed by atoms with Gasteiger partial charge >= 0.3 is 12.0 Å². The lowest BCUT2D eigenvalue weighted by Gasteiger charge is -2.28. The van der Waals surface area contributed by atoms with Crippen molar-refractivity contribution in [3.63, 3.8) is 0 Å². The van der Waals surface area contributed by atoms with Gasteiger partial charge in [0.05, 0.1) is 18.7 Å². The third-order valence-corrected chi connectivity index (χ3v) is 3.48. The van der Waals surface area contributed by atoms with Crippen LogP contribution in [0.25, 0.3) is 0 Å². The molecule has 0 unspecified atom stereocenters. The first-order valence-corrected chi connectivity index (χ1v) is 7.27. The van der Waals surface area contributed by atoms with Gasteiger partial charge in [-0.1, -0.05) is 24.3 Å². The second-order valence-electron chi connectivity index (χ2n) is 5.01. The van der Waals surface area contributed by atoms with Crippen molar-refractivity contribution in [2.45, 2.75) is 19.9 Å². The minimum atomic E-state index is -0.562. The van der Waals surface area contributed by atoms with Gasteiger partial charge in [0.1, 0.15) is 12.4 Å². The molecule has 6 nitrogen and oxygen atoms in total. The van der Waals surface area contributed by atoms with Gasteiger partial charge in [-0.3, -0.25) is 0 Å². The average Bonchev–Trinajstić information content (AvgIpc) is 2.54. The van der Waals surface area contributed by atoms with E-state index in [0.29, 0.717) is 17.0 Å². The topological polar surface area (TPSA) is 76.7 Å². The van der Waals surface area contributed by atoms with Crippen LogP contribution in [0.2, 0.25) is 0 Å². The molecule has 1 aliphatic rings. The van der Waals surface area contributed by atoms with Gasteiger partial charge in [-0.05, 0) is 31.5 Å². The van der Waals surface area contributed by atoms with Crippen LogP contribution in [0.3, 0.4) is 0 Å². The molecule has 2 N–H and O–H groups in total. The van der Waals surface area contributed by atoms with E-state index in [2.05, 4.69) is 10.6 Å². The van der Waals surface area contributed by atoms with E-state index < -0.39 is 12.0 Å². The highest BCUT2D eigenvalue weighted by atomic mass is 16.5. The molecule has 0 aliphatic carbocycles. The predicted octanol–water partition coefficient (Wildman–Crippen LogP) is 2.44. The van der Waals surface area contributed by atoms with Crippen LogP contribution in [0.1, 0.15) is 25.5 Å². The van der Waals surface area contributed by atoms with Gasteiger partial charge in [-0.25, -0.2) is 9.59 Å². The maximum Gasteiger partial charge on any atom is 0.338 e. The molecule has 1 aliphatic heterocycles. The number of hydrogen-bond donors (Lipinski definition) is 2. The van der Waals surface area contributed by atoms with Gasteiger partial charge in [-0.2, -0.15) is 0 Å². The first-order chi connectivity index (χ1) is 11.1. The summed E-state index contributed by atoms with van der Waals surface area (Å²) >= 11 is 0. The molecule has 1 heterocycles. The van der Waals surface area contributed by atoms with Crippen molar-refractivity contribution in [1.82, 2.24) is 10.6 Å². The molecule has 2 amide bonds. The minimum absolute atomic E-state index is 0.190. The Morgan fingerprint density at radius 1 is 1.30 bits per heavy atom. The molecule has 0 spiro atoms. The highest BCUT2D eigenvalue weighted by Gasteiger charge is 2.32. The molecule has 1 aromatic rings. The Morgan fingerprint density at radius 2 is 2.00 bits per heavy atom. The zero-order valence-corrected chi connectivity index (χ0v) is 13.4. The van der Waals surface area contributed by atoms with Crippen molar-refractivity contribution in [1.29, 1.82) is 0 Å². The Bertz CT molecular complexity index is 647. The van der Waals surface area contributed by atoms with Crippen molar-refractivity contribution in [2.75, 3.05) is 13.7 Å². The maximum atomic E-state index is 12.4. The third kappa shape index (κ3) is 3.91. The summed E-state index contributed by atoms with van der Waals surface area (Å²) in [6, 6.07) is 6.26. The van der Waals surface area contributed by atoms with Gasteiger partial charge in [0.2, 0.25) is 0 Å². The number of carbonyl (C=O) groups excluding carboxylic acids is 2. The summed E-state index contributed by atoms with van der Waals surface area (Å²) in [5.41, 5.74) is 1.65. The highest BCUT2D eigenvalue weighted by Crippen LogP contribution is 2.28. The first kappa shape index (κ1) is 16.6. The quantitative estimate of drug-likeness (QED) is 0.646. The smallest absolute Gasteiger partial charge is 0.338 e. The van der Waals surface area contributed by atoms with E-state index in [1.54, 1.807) is 38.3 Å². The fraction of sp³-hybridized carbons (Fsp3) is 0.294. The van der Waals surface area contributed by atoms with Gasteiger partial charge in [0.25, 0.3) is 0 Å². The number of hydrogen-bond acceptors (Lipinski definition) is 4. The number of methoxy groups -OCH3 is 1. The monoisotopic (exact) mass is 316 g/mol. The largest absolute Gasteiger partial charge is 0.497 e. The van der Waals surface area contributed by atoms with Gasteiger partial charge in [-0.15, -0.1) is 0 Å². The van der Waals surface area contributed by atoms with Crippen LogP contribution < -0.4 is 15.4 Å². The lowest BCUT2D eigenvalue weighted by Crippen LogP contribution is -2.45. The van der Waals surface area contributed by atoms with Crippen LogP contribution in [0.5, 0.6) is 5.75 Å². The molecule has 0 bridgehead atoms. The van der Waals surface area contributed by atoms with E-state index in [1.165, 1.54) is 0 Å². The molecule has 23 heavy (non-hydrogen) atoms. The molecule has 0 fully saturated rings. The summed E-state index contributed by atoms with van der Waals surface area (Å²) in [7, 11) is 1.58. The van der Waals surface area contributed by atoms with Gasteiger partial charge < -0.3 is 20.1 Å². The summed E-state index contributed by atoms with van der Waals surface area (Å²) in [5.74, 6) is 0.237. The lowest BCUT2D eigenvalue weighted by atomic mass is 9.95. The molecule has 0 saturated heterocycles. The van der Waals surface area contributed by atoms with Crippen LogP contribution in [-0.4, -0.2) is 25.7 Å². The third-order valence-electron chi connectivity index (χ3n) is 3.48. The predicted molar refractivity (Wildman–Crippen MR) is 85.9 cm³/mol. The molecule has 1 aromatic carbocycles. The number of benzene rings is 1. The Hall–Kier alpha value is -2.76. The van der Waals surface area contributed by atoms with Crippen LogP contribution >= 0.6 is 0 Å². The van der Waals surface area contributed by atoms with Crippen molar-refractivity contribution in [2.24, 2.45) is 0 Å². The Morgan fingerprint density at radius 3 is 2.61 bits per heavy atom. The van der Waals surface area contributed by atoms with E-state index in [0.717, 1.165) is 5.56 Å². The summed E-state index contributed by atoms with van der Waals surface area (Å²) in [5, 5.41) is 5.36. The van der Waals surface area contributed by atoms with Crippen molar-refractivity contribution in [3.8, 4) is 5.75 Å². The van der Waals surface area contributed by atoms with E-state index >= 15 is 0 Å². The van der Waals surface area contributed by atoms with E-state index in [9.17, 15) is 9.59 Å². The number of carbonyl (C=O) groups is 2. The zero-order chi connectivity index (χ0) is 16.8. The van der Waals surface area contributed by atoms with E-state index in [1.807, 2.05) is 19.1 Å². The number of urea groups is 1. The zero-order valence-electron chi connectivity index (χ0n) is 13.4. The summed E-state index contributed by atoms with van der Waals surface area (Å²) in [4.78, 5) is 24.1. The first-order valence-electron chi connectivity index (χ1n) is 7.27. The summed E-state index contributed by atoms with van der Waals surface area (Å²) in [6.07, 6.45) is 3.54. The Kier molecular flexibility index (Phi) is 5.41.